The van der Waals surface area contributed by atoms with Crippen molar-refractivity contribution < 1.29 is 19.6 Å². The quantitative estimate of drug-likeness (QED) is 0.665. The molecule has 1 aromatic carbocycles. The number of hydrogen-bond acceptors (Lipinski definition) is 4. The first kappa shape index (κ1) is 16.9. The van der Waals surface area contributed by atoms with Crippen molar-refractivity contribution in [2.24, 2.45) is 0 Å². The van der Waals surface area contributed by atoms with Gasteiger partial charge >= 0.3 is 5.97 Å². The SMILES string of the molecule is CCN(C(=O)c1cc([N+](=O)[O-])ccc1Cl)C(C)(C)C(=O)O. The Hall–Kier alpha value is -2.15. The second kappa shape index (κ2) is 6.09. The lowest BCUT2D eigenvalue weighted by atomic mass is 10.0. The number of rotatable bonds is 5. The third-order valence-corrected chi connectivity index (χ3v) is 3.48. The van der Waals surface area contributed by atoms with Crippen molar-refractivity contribution >= 4 is 29.2 Å². The van der Waals surface area contributed by atoms with Gasteiger partial charge < -0.3 is 10.0 Å². The van der Waals surface area contributed by atoms with Crippen molar-refractivity contribution in [3.63, 3.8) is 0 Å². The molecule has 0 aromatic heterocycles. The Morgan fingerprint density at radius 3 is 2.43 bits per heavy atom. The zero-order valence-electron chi connectivity index (χ0n) is 11.8. The lowest BCUT2D eigenvalue weighted by Gasteiger charge is -2.34. The highest BCUT2D eigenvalue weighted by Crippen LogP contribution is 2.26. The van der Waals surface area contributed by atoms with Crippen molar-refractivity contribution in [1.29, 1.82) is 0 Å². The maximum atomic E-state index is 12.5. The van der Waals surface area contributed by atoms with Crippen LogP contribution in [-0.2, 0) is 4.79 Å². The fourth-order valence-electron chi connectivity index (χ4n) is 1.84. The Morgan fingerprint density at radius 2 is 2.00 bits per heavy atom. The molecule has 0 spiro atoms. The monoisotopic (exact) mass is 314 g/mol. The van der Waals surface area contributed by atoms with Gasteiger partial charge in [0.15, 0.2) is 0 Å². The average Bonchev–Trinajstić information content (AvgIpc) is 2.38. The Kier molecular flexibility index (Phi) is 4.90. The number of nitro groups is 1. The van der Waals surface area contributed by atoms with Crippen LogP contribution < -0.4 is 0 Å². The number of likely N-dealkylation sites (N-methyl/N-ethyl adjacent to an activating group) is 1. The smallest absolute Gasteiger partial charge is 0.329 e. The minimum Gasteiger partial charge on any atom is -0.480 e. The number of benzene rings is 1. The van der Waals surface area contributed by atoms with Gasteiger partial charge in [-0.25, -0.2) is 4.79 Å². The van der Waals surface area contributed by atoms with Gasteiger partial charge in [0.25, 0.3) is 11.6 Å². The standard InChI is InChI=1S/C13H15ClN2O5/c1-4-15(13(2,3)12(18)19)11(17)9-7-8(16(20)21)5-6-10(9)14/h5-7H,4H2,1-3H3,(H,18,19). The number of halogens is 1. The van der Waals surface area contributed by atoms with Crippen LogP contribution >= 0.6 is 11.6 Å². The van der Waals surface area contributed by atoms with Gasteiger partial charge in [0.1, 0.15) is 5.54 Å². The summed E-state index contributed by atoms with van der Waals surface area (Å²) >= 11 is 5.91. The summed E-state index contributed by atoms with van der Waals surface area (Å²) in [6.07, 6.45) is 0. The number of nitrogens with zero attached hydrogens (tertiary/aromatic N) is 2. The average molecular weight is 315 g/mol. The molecule has 1 rings (SSSR count). The van der Waals surface area contributed by atoms with Crippen LogP contribution in [0.1, 0.15) is 31.1 Å². The van der Waals surface area contributed by atoms with Crippen LogP contribution in [0.3, 0.4) is 0 Å². The van der Waals surface area contributed by atoms with E-state index in [4.69, 9.17) is 11.6 Å². The van der Waals surface area contributed by atoms with Crippen molar-refractivity contribution in [1.82, 2.24) is 4.90 Å². The molecule has 0 aliphatic rings. The Balaban J connectivity index is 3.32. The van der Waals surface area contributed by atoms with E-state index in [0.717, 1.165) is 11.0 Å². The lowest BCUT2D eigenvalue weighted by Crippen LogP contribution is -2.53. The molecule has 1 aromatic rings. The van der Waals surface area contributed by atoms with E-state index < -0.39 is 22.3 Å². The highest BCUT2D eigenvalue weighted by atomic mass is 35.5. The maximum Gasteiger partial charge on any atom is 0.329 e. The summed E-state index contributed by atoms with van der Waals surface area (Å²) in [4.78, 5) is 35.0. The van der Waals surface area contributed by atoms with Crippen LogP contribution in [0.4, 0.5) is 5.69 Å². The molecule has 21 heavy (non-hydrogen) atoms. The summed E-state index contributed by atoms with van der Waals surface area (Å²) in [6.45, 7) is 4.50. The minimum absolute atomic E-state index is 0.0326. The topological polar surface area (TPSA) is 101 Å². The van der Waals surface area contributed by atoms with Gasteiger partial charge in [0.2, 0.25) is 0 Å². The maximum absolute atomic E-state index is 12.5. The Labute approximate surface area is 126 Å². The highest BCUT2D eigenvalue weighted by molar-refractivity contribution is 6.34. The molecule has 0 heterocycles. The van der Waals surface area contributed by atoms with Crippen LogP contribution in [0.2, 0.25) is 5.02 Å². The number of non-ortho nitro benzene ring substituents is 1. The van der Waals surface area contributed by atoms with Gasteiger partial charge in [0.05, 0.1) is 15.5 Å². The molecular weight excluding hydrogens is 300 g/mol. The predicted molar refractivity (Wildman–Crippen MR) is 76.5 cm³/mol. The fraction of sp³-hybridized carbons (Fsp3) is 0.385. The van der Waals surface area contributed by atoms with Crippen LogP contribution in [0.25, 0.3) is 0 Å². The number of carbonyl (C=O) groups excluding carboxylic acids is 1. The number of carbonyl (C=O) groups is 2. The third kappa shape index (κ3) is 3.30. The van der Waals surface area contributed by atoms with Crippen molar-refractivity contribution in [3.8, 4) is 0 Å². The second-order valence-electron chi connectivity index (χ2n) is 4.83. The van der Waals surface area contributed by atoms with E-state index in [1.54, 1.807) is 6.92 Å². The lowest BCUT2D eigenvalue weighted by molar-refractivity contribution is -0.384. The van der Waals surface area contributed by atoms with Crippen LogP contribution in [-0.4, -0.2) is 38.9 Å². The van der Waals surface area contributed by atoms with Crippen LogP contribution in [0.5, 0.6) is 0 Å². The first-order chi connectivity index (χ1) is 9.62. The number of amides is 1. The molecule has 0 saturated heterocycles. The van der Waals surface area contributed by atoms with Gasteiger partial charge in [0, 0.05) is 18.7 Å². The van der Waals surface area contributed by atoms with E-state index in [1.807, 2.05) is 0 Å². The number of nitro benzene ring substituents is 1. The van der Waals surface area contributed by atoms with E-state index in [1.165, 1.54) is 26.0 Å². The molecule has 7 nitrogen and oxygen atoms in total. The summed E-state index contributed by atoms with van der Waals surface area (Å²) in [5.41, 5.74) is -1.84. The summed E-state index contributed by atoms with van der Waals surface area (Å²) in [5, 5.41) is 20.0. The largest absolute Gasteiger partial charge is 0.480 e. The molecule has 114 valence electrons. The third-order valence-electron chi connectivity index (χ3n) is 3.15. The van der Waals surface area contributed by atoms with Gasteiger partial charge in [-0.1, -0.05) is 11.6 Å². The summed E-state index contributed by atoms with van der Waals surface area (Å²) < 4.78 is 0. The molecule has 0 unspecified atom stereocenters. The summed E-state index contributed by atoms with van der Waals surface area (Å²) in [6, 6.07) is 3.47. The molecule has 8 heteroatoms. The Morgan fingerprint density at radius 1 is 1.43 bits per heavy atom. The van der Waals surface area contributed by atoms with Gasteiger partial charge in [-0.05, 0) is 26.8 Å². The zero-order chi connectivity index (χ0) is 16.4. The first-order valence-corrected chi connectivity index (χ1v) is 6.50. The van der Waals surface area contributed by atoms with Crippen molar-refractivity contribution in [2.75, 3.05) is 6.54 Å². The predicted octanol–water partition coefficient (Wildman–Crippen LogP) is 2.57. The van der Waals surface area contributed by atoms with Gasteiger partial charge in [-0.15, -0.1) is 0 Å². The summed E-state index contributed by atoms with van der Waals surface area (Å²) in [5.74, 6) is -1.85. The van der Waals surface area contributed by atoms with E-state index in [0.29, 0.717) is 0 Å². The van der Waals surface area contributed by atoms with E-state index in [9.17, 15) is 24.8 Å². The number of carboxylic acids is 1. The highest BCUT2D eigenvalue weighted by Gasteiger charge is 2.38. The van der Waals surface area contributed by atoms with Crippen LogP contribution in [0, 0.1) is 10.1 Å². The molecule has 0 bridgehead atoms. The molecule has 0 aliphatic carbocycles. The van der Waals surface area contributed by atoms with Gasteiger partial charge in [-0.2, -0.15) is 0 Å². The number of aliphatic carboxylic acids is 1. The number of carboxylic acid groups (broad SMARTS) is 1. The van der Waals surface area contributed by atoms with E-state index in [2.05, 4.69) is 0 Å². The first-order valence-electron chi connectivity index (χ1n) is 6.12. The summed E-state index contributed by atoms with van der Waals surface area (Å²) in [7, 11) is 0. The second-order valence-corrected chi connectivity index (χ2v) is 5.24. The van der Waals surface area contributed by atoms with E-state index >= 15 is 0 Å². The van der Waals surface area contributed by atoms with Gasteiger partial charge in [-0.3, -0.25) is 14.9 Å². The minimum atomic E-state index is -1.46. The molecule has 1 N–H and O–H groups in total. The molecule has 1 amide bonds. The van der Waals surface area contributed by atoms with Crippen molar-refractivity contribution in [2.45, 2.75) is 26.3 Å². The molecule has 0 radical (unpaired) electrons. The molecule has 0 fully saturated rings. The van der Waals surface area contributed by atoms with Crippen molar-refractivity contribution in [3.05, 3.63) is 38.9 Å². The molecule has 0 saturated carbocycles. The number of hydrogen-bond donors (Lipinski definition) is 1. The fourth-order valence-corrected chi connectivity index (χ4v) is 2.04. The van der Waals surface area contributed by atoms with Crippen LogP contribution in [0.15, 0.2) is 18.2 Å². The Bertz CT molecular complexity index is 600. The molecule has 0 aliphatic heterocycles. The molecule has 0 atom stereocenters. The molecular formula is C13H15ClN2O5. The zero-order valence-corrected chi connectivity index (χ0v) is 12.5. The normalized spacial score (nSPS) is 11.0. The van der Waals surface area contributed by atoms with E-state index in [-0.39, 0.29) is 22.8 Å².